The first-order valence-electron chi connectivity index (χ1n) is 5.35. The minimum atomic E-state index is -4.89. The molecule has 0 saturated carbocycles. The minimum absolute atomic E-state index is 0.125. The molecule has 2 N–H and O–H groups in total. The zero-order valence-corrected chi connectivity index (χ0v) is 10.0. The van der Waals surface area contributed by atoms with Crippen LogP contribution in [0, 0.1) is 6.92 Å². The molecule has 0 unspecified atom stereocenters. The lowest BCUT2D eigenvalue weighted by Crippen LogP contribution is -2.19. The molecule has 0 aliphatic rings. The number of fused-ring (bicyclic) bond motifs is 1. The van der Waals surface area contributed by atoms with Crippen molar-refractivity contribution in [1.82, 2.24) is 4.98 Å². The summed E-state index contributed by atoms with van der Waals surface area (Å²) in [6.45, 7) is 1.39. The number of H-pyrrole nitrogens is 1. The highest BCUT2D eigenvalue weighted by Crippen LogP contribution is 2.25. The first-order chi connectivity index (χ1) is 9.19. The van der Waals surface area contributed by atoms with E-state index < -0.39 is 29.1 Å². The van der Waals surface area contributed by atoms with Crippen LogP contribution >= 0.6 is 0 Å². The molecule has 0 radical (unpaired) electrons. The van der Waals surface area contributed by atoms with Gasteiger partial charge in [0.1, 0.15) is 11.3 Å². The Balaban J connectivity index is 2.68. The van der Waals surface area contributed by atoms with Crippen LogP contribution in [0.1, 0.15) is 16.1 Å². The molecular weight excluding hydrogens is 279 g/mol. The third-order valence-electron chi connectivity index (χ3n) is 2.61. The molecule has 0 fully saturated rings. The monoisotopic (exact) mass is 287 g/mol. The van der Waals surface area contributed by atoms with Gasteiger partial charge in [-0.3, -0.25) is 4.79 Å². The third kappa shape index (κ3) is 2.58. The van der Waals surface area contributed by atoms with Gasteiger partial charge in [-0.05, 0) is 25.1 Å². The van der Waals surface area contributed by atoms with Gasteiger partial charge in [-0.15, -0.1) is 13.2 Å². The molecule has 1 heterocycles. The number of aromatic amines is 1. The van der Waals surface area contributed by atoms with Crippen molar-refractivity contribution in [3.63, 3.8) is 0 Å². The maximum atomic E-state index is 12.1. The molecule has 0 saturated heterocycles. The molecule has 0 bridgehead atoms. The molecule has 0 aliphatic heterocycles. The third-order valence-corrected chi connectivity index (χ3v) is 2.61. The zero-order chi connectivity index (χ0) is 15.1. The summed E-state index contributed by atoms with van der Waals surface area (Å²) in [4.78, 5) is 25.6. The van der Waals surface area contributed by atoms with E-state index in [-0.39, 0.29) is 16.6 Å². The number of aryl methyl sites for hydroxylation is 1. The second kappa shape index (κ2) is 4.55. The second-order valence-corrected chi connectivity index (χ2v) is 4.01. The van der Waals surface area contributed by atoms with Crippen LogP contribution in [0.5, 0.6) is 5.75 Å². The van der Waals surface area contributed by atoms with E-state index in [9.17, 15) is 22.8 Å². The number of carbonyl (C=O) groups is 1. The number of aromatic nitrogens is 1. The van der Waals surface area contributed by atoms with Gasteiger partial charge in [-0.25, -0.2) is 4.79 Å². The average Bonchev–Trinajstić information content (AvgIpc) is 2.27. The quantitative estimate of drug-likeness (QED) is 0.889. The van der Waals surface area contributed by atoms with Crippen molar-refractivity contribution >= 4 is 16.9 Å². The van der Waals surface area contributed by atoms with E-state index in [4.69, 9.17) is 5.11 Å². The zero-order valence-electron chi connectivity index (χ0n) is 10.0. The Morgan fingerprint density at radius 3 is 2.55 bits per heavy atom. The van der Waals surface area contributed by atoms with Gasteiger partial charge in [0, 0.05) is 11.2 Å². The number of rotatable bonds is 2. The van der Waals surface area contributed by atoms with Crippen molar-refractivity contribution in [2.75, 3.05) is 0 Å². The van der Waals surface area contributed by atoms with Crippen molar-refractivity contribution < 1.29 is 27.8 Å². The fourth-order valence-corrected chi connectivity index (χ4v) is 1.84. The van der Waals surface area contributed by atoms with E-state index >= 15 is 0 Å². The number of hydrogen-bond donors (Lipinski definition) is 2. The molecule has 5 nitrogen and oxygen atoms in total. The van der Waals surface area contributed by atoms with Crippen LogP contribution in [0.4, 0.5) is 13.2 Å². The summed E-state index contributed by atoms with van der Waals surface area (Å²) in [5.41, 5.74) is -1.02. The SMILES string of the molecule is Cc1[nH]c2ccc(OC(F)(F)F)cc2c(=O)c1C(=O)O. The lowest BCUT2D eigenvalue weighted by atomic mass is 10.1. The van der Waals surface area contributed by atoms with Crippen LogP contribution < -0.4 is 10.2 Å². The summed E-state index contributed by atoms with van der Waals surface area (Å²) >= 11 is 0. The van der Waals surface area contributed by atoms with Gasteiger partial charge in [0.05, 0.1) is 5.39 Å². The Bertz CT molecular complexity index is 749. The highest BCUT2D eigenvalue weighted by molar-refractivity contribution is 5.94. The predicted octanol–water partition coefficient (Wildman–Crippen LogP) is 2.43. The van der Waals surface area contributed by atoms with Crippen molar-refractivity contribution in [3.8, 4) is 5.75 Å². The number of halogens is 3. The molecule has 0 aliphatic carbocycles. The van der Waals surface area contributed by atoms with Gasteiger partial charge < -0.3 is 14.8 Å². The van der Waals surface area contributed by atoms with Crippen molar-refractivity contribution in [2.45, 2.75) is 13.3 Å². The smallest absolute Gasteiger partial charge is 0.477 e. The van der Waals surface area contributed by atoms with Crippen LogP contribution in [-0.2, 0) is 0 Å². The van der Waals surface area contributed by atoms with Gasteiger partial charge in [0.2, 0.25) is 5.43 Å². The van der Waals surface area contributed by atoms with E-state index in [1.54, 1.807) is 0 Å². The summed E-state index contributed by atoms with van der Waals surface area (Å²) < 4.78 is 40.0. The predicted molar refractivity (Wildman–Crippen MR) is 62.9 cm³/mol. The number of alkyl halides is 3. The van der Waals surface area contributed by atoms with E-state index in [0.717, 1.165) is 12.1 Å². The molecule has 1 aromatic carbocycles. The Morgan fingerprint density at radius 1 is 1.35 bits per heavy atom. The fraction of sp³-hybridized carbons (Fsp3) is 0.167. The Labute approximate surface area is 109 Å². The van der Waals surface area contributed by atoms with Crippen molar-refractivity contribution in [3.05, 3.63) is 39.7 Å². The maximum Gasteiger partial charge on any atom is 0.573 e. The van der Waals surface area contributed by atoms with Crippen LogP contribution in [0.3, 0.4) is 0 Å². The number of benzene rings is 1. The van der Waals surface area contributed by atoms with Gasteiger partial charge >= 0.3 is 12.3 Å². The highest BCUT2D eigenvalue weighted by atomic mass is 19.4. The van der Waals surface area contributed by atoms with Crippen molar-refractivity contribution in [2.24, 2.45) is 0 Å². The Morgan fingerprint density at radius 2 is 2.00 bits per heavy atom. The number of aromatic carboxylic acids is 1. The second-order valence-electron chi connectivity index (χ2n) is 4.01. The van der Waals surface area contributed by atoms with E-state index in [0.29, 0.717) is 0 Å². The standard InChI is InChI=1S/C12H8F3NO4/c1-5-9(11(18)19)10(17)7-4-6(20-12(13,14)15)2-3-8(7)16-5/h2-4H,1H3,(H,16,17)(H,18,19). The van der Waals surface area contributed by atoms with Crippen LogP contribution in [0.15, 0.2) is 23.0 Å². The van der Waals surface area contributed by atoms with Gasteiger partial charge in [0.15, 0.2) is 0 Å². The lowest BCUT2D eigenvalue weighted by Gasteiger charge is -2.10. The van der Waals surface area contributed by atoms with E-state index in [1.165, 1.54) is 13.0 Å². The van der Waals surface area contributed by atoms with E-state index in [1.807, 2.05) is 0 Å². The fourth-order valence-electron chi connectivity index (χ4n) is 1.84. The molecule has 20 heavy (non-hydrogen) atoms. The first-order valence-corrected chi connectivity index (χ1v) is 5.35. The number of carboxylic acid groups (broad SMARTS) is 1. The number of nitrogens with one attached hydrogen (secondary N) is 1. The number of carboxylic acids is 1. The maximum absolute atomic E-state index is 12.1. The van der Waals surface area contributed by atoms with Crippen LogP contribution in [0.2, 0.25) is 0 Å². The van der Waals surface area contributed by atoms with Gasteiger partial charge in [-0.2, -0.15) is 0 Å². The Kier molecular flexibility index (Phi) is 3.16. The van der Waals surface area contributed by atoms with Crippen LogP contribution in [-0.4, -0.2) is 22.4 Å². The first kappa shape index (κ1) is 13.9. The summed E-state index contributed by atoms with van der Waals surface area (Å²) in [6, 6.07) is 3.11. The number of hydrogen-bond acceptors (Lipinski definition) is 3. The largest absolute Gasteiger partial charge is 0.573 e. The van der Waals surface area contributed by atoms with Gasteiger partial charge in [0.25, 0.3) is 0 Å². The molecule has 2 rings (SSSR count). The molecule has 2 aromatic rings. The van der Waals surface area contributed by atoms with Gasteiger partial charge in [-0.1, -0.05) is 0 Å². The highest BCUT2D eigenvalue weighted by Gasteiger charge is 2.31. The molecule has 1 aromatic heterocycles. The minimum Gasteiger partial charge on any atom is -0.477 e. The van der Waals surface area contributed by atoms with E-state index in [2.05, 4.69) is 9.72 Å². The normalized spacial score (nSPS) is 11.6. The summed E-state index contributed by atoms with van der Waals surface area (Å²) in [5.74, 6) is -2.04. The topological polar surface area (TPSA) is 79.4 Å². The lowest BCUT2D eigenvalue weighted by molar-refractivity contribution is -0.274. The Hall–Kier alpha value is -2.51. The molecule has 106 valence electrons. The average molecular weight is 287 g/mol. The summed E-state index contributed by atoms with van der Waals surface area (Å²) in [5, 5.41) is 8.75. The molecule has 0 atom stereocenters. The summed E-state index contributed by atoms with van der Waals surface area (Å²) in [6.07, 6.45) is -4.89. The molecule has 8 heteroatoms. The molecule has 0 amide bonds. The number of ether oxygens (including phenoxy) is 1. The van der Waals surface area contributed by atoms with Crippen LogP contribution in [0.25, 0.3) is 10.9 Å². The summed E-state index contributed by atoms with van der Waals surface area (Å²) in [7, 11) is 0. The molecule has 0 spiro atoms. The van der Waals surface area contributed by atoms with Crippen molar-refractivity contribution in [1.29, 1.82) is 0 Å². The number of pyridine rings is 1. The molecular formula is C12H8F3NO4.